The number of carbonyl (C=O) groups is 1. The summed E-state index contributed by atoms with van der Waals surface area (Å²) in [6.07, 6.45) is 6.32. The smallest absolute Gasteiger partial charge is 0.239 e. The van der Waals surface area contributed by atoms with Gasteiger partial charge in [0.1, 0.15) is 6.04 Å². The summed E-state index contributed by atoms with van der Waals surface area (Å²) in [4.78, 5) is 12.3. The van der Waals surface area contributed by atoms with Crippen LogP contribution < -0.4 is 10.6 Å². The van der Waals surface area contributed by atoms with Crippen LogP contribution in [0.25, 0.3) is 0 Å². The highest BCUT2D eigenvalue weighted by molar-refractivity contribution is 5.85. The molecule has 0 radical (unpaired) electrons. The molecule has 0 aromatic carbocycles. The number of nitrogens with one attached hydrogen (secondary N) is 2. The van der Waals surface area contributed by atoms with E-state index in [1.165, 1.54) is 32.1 Å². The van der Waals surface area contributed by atoms with Gasteiger partial charge < -0.3 is 15.4 Å². The van der Waals surface area contributed by atoms with E-state index in [1.54, 1.807) is 0 Å². The molecule has 0 spiro atoms. The summed E-state index contributed by atoms with van der Waals surface area (Å²) in [6.45, 7) is 8.81. The first-order chi connectivity index (χ1) is 9.52. The van der Waals surface area contributed by atoms with E-state index in [4.69, 9.17) is 4.74 Å². The average Bonchev–Trinajstić information content (AvgIpc) is 2.84. The molecule has 2 aliphatic rings. The van der Waals surface area contributed by atoms with Crippen molar-refractivity contribution in [1.29, 1.82) is 0 Å². The third kappa shape index (κ3) is 5.11. The van der Waals surface area contributed by atoms with E-state index in [9.17, 15) is 4.79 Å². The minimum Gasteiger partial charge on any atom is -0.375 e. The first-order valence-electron chi connectivity index (χ1n) is 8.15. The van der Waals surface area contributed by atoms with Crippen molar-refractivity contribution in [3.8, 4) is 0 Å². The maximum atomic E-state index is 12.3. The van der Waals surface area contributed by atoms with Gasteiger partial charge in [0.25, 0.3) is 0 Å². The molecule has 1 aliphatic carbocycles. The highest BCUT2D eigenvalue weighted by atomic mass is 35.5. The zero-order valence-electron chi connectivity index (χ0n) is 13.6. The molecule has 1 amide bonds. The molecule has 0 aromatic rings. The van der Waals surface area contributed by atoms with Crippen molar-refractivity contribution >= 4 is 18.3 Å². The monoisotopic (exact) mass is 318 g/mol. The molecular formula is C16H31ClN2O2. The van der Waals surface area contributed by atoms with Crippen LogP contribution in [0.5, 0.6) is 0 Å². The Morgan fingerprint density at radius 2 is 2.05 bits per heavy atom. The van der Waals surface area contributed by atoms with E-state index in [0.29, 0.717) is 17.9 Å². The average molecular weight is 319 g/mol. The molecule has 1 saturated carbocycles. The van der Waals surface area contributed by atoms with Gasteiger partial charge in [-0.15, -0.1) is 12.4 Å². The number of hydrogen-bond donors (Lipinski definition) is 2. The van der Waals surface area contributed by atoms with Crippen molar-refractivity contribution in [2.24, 2.45) is 11.3 Å². The molecule has 2 atom stereocenters. The van der Waals surface area contributed by atoms with Crippen LogP contribution in [0, 0.1) is 11.3 Å². The highest BCUT2D eigenvalue weighted by Crippen LogP contribution is 2.42. The summed E-state index contributed by atoms with van der Waals surface area (Å²) in [5, 5.41) is 6.45. The SMILES string of the molecule is CC(C)CC1(CNC(=O)[C@H]2NCCO[C@@H]2C)CCCC1.Cl. The first kappa shape index (κ1) is 18.7. The van der Waals surface area contributed by atoms with Gasteiger partial charge in [0.2, 0.25) is 5.91 Å². The molecule has 124 valence electrons. The second kappa shape index (κ2) is 8.35. The van der Waals surface area contributed by atoms with E-state index in [0.717, 1.165) is 13.1 Å². The Morgan fingerprint density at radius 3 is 2.62 bits per heavy atom. The maximum absolute atomic E-state index is 12.3. The molecule has 0 aromatic heterocycles. The largest absolute Gasteiger partial charge is 0.375 e. The van der Waals surface area contributed by atoms with Gasteiger partial charge >= 0.3 is 0 Å². The summed E-state index contributed by atoms with van der Waals surface area (Å²) in [7, 11) is 0. The normalized spacial score (nSPS) is 28.2. The van der Waals surface area contributed by atoms with Crippen molar-refractivity contribution in [2.45, 2.75) is 65.0 Å². The molecule has 21 heavy (non-hydrogen) atoms. The summed E-state index contributed by atoms with van der Waals surface area (Å²) in [5.41, 5.74) is 0.336. The van der Waals surface area contributed by atoms with E-state index >= 15 is 0 Å². The van der Waals surface area contributed by atoms with Crippen molar-refractivity contribution in [1.82, 2.24) is 10.6 Å². The minimum atomic E-state index is -0.193. The second-order valence-electron chi connectivity index (χ2n) is 7.03. The topological polar surface area (TPSA) is 50.4 Å². The fraction of sp³-hybridized carbons (Fsp3) is 0.938. The molecular weight excluding hydrogens is 288 g/mol. The zero-order chi connectivity index (χ0) is 14.6. The Labute approximate surface area is 135 Å². The van der Waals surface area contributed by atoms with Gasteiger partial charge in [0.05, 0.1) is 12.7 Å². The molecule has 5 heteroatoms. The molecule has 1 saturated heterocycles. The van der Waals surface area contributed by atoms with Gasteiger partial charge in [0, 0.05) is 13.1 Å². The van der Waals surface area contributed by atoms with Crippen LogP contribution in [0.15, 0.2) is 0 Å². The van der Waals surface area contributed by atoms with Gasteiger partial charge in [-0.25, -0.2) is 0 Å². The molecule has 0 bridgehead atoms. The summed E-state index contributed by atoms with van der Waals surface area (Å²) < 4.78 is 5.55. The van der Waals surface area contributed by atoms with Crippen molar-refractivity contribution < 1.29 is 9.53 Å². The number of rotatable bonds is 5. The van der Waals surface area contributed by atoms with Crippen LogP contribution in [0.2, 0.25) is 0 Å². The molecule has 2 fully saturated rings. The Bertz CT molecular complexity index is 330. The summed E-state index contributed by atoms with van der Waals surface area (Å²) in [5.74, 6) is 0.798. The maximum Gasteiger partial charge on any atom is 0.239 e. The third-order valence-electron chi connectivity index (χ3n) is 4.74. The van der Waals surface area contributed by atoms with E-state index in [1.807, 2.05) is 6.92 Å². The zero-order valence-corrected chi connectivity index (χ0v) is 14.4. The highest BCUT2D eigenvalue weighted by Gasteiger charge is 2.36. The summed E-state index contributed by atoms with van der Waals surface area (Å²) >= 11 is 0. The van der Waals surface area contributed by atoms with Crippen LogP contribution >= 0.6 is 12.4 Å². The van der Waals surface area contributed by atoms with E-state index in [2.05, 4.69) is 24.5 Å². The number of ether oxygens (including phenoxy) is 1. The second-order valence-corrected chi connectivity index (χ2v) is 7.03. The number of hydrogen-bond acceptors (Lipinski definition) is 3. The molecule has 1 aliphatic heterocycles. The van der Waals surface area contributed by atoms with E-state index in [-0.39, 0.29) is 30.5 Å². The Hall–Kier alpha value is -0.320. The van der Waals surface area contributed by atoms with Crippen molar-refractivity contribution in [3.05, 3.63) is 0 Å². The quantitative estimate of drug-likeness (QED) is 0.819. The predicted molar refractivity (Wildman–Crippen MR) is 87.8 cm³/mol. The molecule has 2 rings (SSSR count). The van der Waals surface area contributed by atoms with Gasteiger partial charge in [-0.3, -0.25) is 4.79 Å². The standard InChI is InChI=1S/C16H30N2O2.ClH/c1-12(2)10-16(6-4-5-7-16)11-18-15(19)14-13(3)20-9-8-17-14;/h12-14,17H,4-11H2,1-3H3,(H,18,19);1H/t13-,14+;/m1./s1. The first-order valence-corrected chi connectivity index (χ1v) is 8.15. The van der Waals surface area contributed by atoms with Gasteiger partial charge in [-0.05, 0) is 37.5 Å². The van der Waals surface area contributed by atoms with Crippen molar-refractivity contribution in [2.75, 3.05) is 19.7 Å². The van der Waals surface area contributed by atoms with Gasteiger partial charge in [-0.1, -0.05) is 26.7 Å². The van der Waals surface area contributed by atoms with Gasteiger partial charge in [-0.2, -0.15) is 0 Å². The lowest BCUT2D eigenvalue weighted by atomic mass is 9.78. The Morgan fingerprint density at radius 1 is 1.38 bits per heavy atom. The summed E-state index contributed by atoms with van der Waals surface area (Å²) in [6, 6.07) is -0.193. The molecule has 1 heterocycles. The number of halogens is 1. The van der Waals surface area contributed by atoms with Crippen LogP contribution in [-0.2, 0) is 9.53 Å². The van der Waals surface area contributed by atoms with E-state index < -0.39 is 0 Å². The lowest BCUT2D eigenvalue weighted by Gasteiger charge is -2.34. The Kier molecular flexibility index (Phi) is 7.45. The minimum absolute atomic E-state index is 0. The fourth-order valence-electron chi connectivity index (χ4n) is 3.86. The lowest BCUT2D eigenvalue weighted by Crippen LogP contribution is -2.56. The Balaban J connectivity index is 0.00000220. The third-order valence-corrected chi connectivity index (χ3v) is 4.74. The number of carbonyl (C=O) groups excluding carboxylic acids is 1. The van der Waals surface area contributed by atoms with Crippen molar-refractivity contribution in [3.63, 3.8) is 0 Å². The molecule has 2 N–H and O–H groups in total. The molecule has 0 unspecified atom stereocenters. The van der Waals surface area contributed by atoms with Crippen LogP contribution in [0.4, 0.5) is 0 Å². The molecule has 4 nitrogen and oxygen atoms in total. The van der Waals surface area contributed by atoms with Crippen LogP contribution in [0.1, 0.15) is 52.9 Å². The number of amides is 1. The predicted octanol–water partition coefficient (Wildman–Crippen LogP) is 2.51. The van der Waals surface area contributed by atoms with Crippen LogP contribution in [-0.4, -0.2) is 37.7 Å². The number of morpholine rings is 1. The van der Waals surface area contributed by atoms with Crippen LogP contribution in [0.3, 0.4) is 0 Å². The lowest BCUT2D eigenvalue weighted by molar-refractivity contribution is -0.129. The fourth-order valence-corrected chi connectivity index (χ4v) is 3.86. The van der Waals surface area contributed by atoms with Gasteiger partial charge in [0.15, 0.2) is 0 Å².